The summed E-state index contributed by atoms with van der Waals surface area (Å²) in [5.74, 6) is 1.000. The summed E-state index contributed by atoms with van der Waals surface area (Å²) < 4.78 is 5.23. The summed E-state index contributed by atoms with van der Waals surface area (Å²) in [6.07, 6.45) is 1.72. The minimum Gasteiger partial charge on any atom is -0.497 e. The lowest BCUT2D eigenvalue weighted by Crippen LogP contribution is -2.46. The molecule has 3 heterocycles. The Bertz CT molecular complexity index is 1400. The summed E-state index contributed by atoms with van der Waals surface area (Å²) in [7, 11) is 1.60. The number of piperazine rings is 1. The molecule has 10 heteroatoms. The van der Waals surface area contributed by atoms with Gasteiger partial charge in [0.15, 0.2) is 0 Å². The predicted octanol–water partition coefficient (Wildman–Crippen LogP) is 4.32. The van der Waals surface area contributed by atoms with Crippen molar-refractivity contribution in [2.75, 3.05) is 57.1 Å². The van der Waals surface area contributed by atoms with Crippen molar-refractivity contribution in [3.05, 3.63) is 83.4 Å². The molecule has 1 aliphatic heterocycles. The number of aliphatic hydroxyl groups is 1. The fraction of sp³-hybridized carbons (Fsp3) is 0.276. The molecule has 4 aromatic rings. The maximum absolute atomic E-state index is 12.8. The molecule has 0 aliphatic carbocycles. The normalized spacial score (nSPS) is 14.2. The maximum atomic E-state index is 12.8. The zero-order chi connectivity index (χ0) is 27.0. The van der Waals surface area contributed by atoms with E-state index in [1.54, 1.807) is 25.4 Å². The Balaban J connectivity index is 1.21. The lowest BCUT2D eigenvalue weighted by atomic mass is 10.1. The molecule has 1 aliphatic rings. The standard InChI is InChI=1S/C29H32N6O3S/c1-38-24-7-3-6-23(19-24)31-28(37)27-9-8-26(39-27)25-10-11-30-29(33-25)32-22-5-2-4-21(18-22)20-35-14-12-34(13-15-35)16-17-36/h2-11,18-19,36H,12-17,20H2,1H3,(H,31,37)(H,30,32,33). The van der Waals surface area contributed by atoms with Gasteiger partial charge in [0.05, 0.1) is 29.2 Å². The topological polar surface area (TPSA) is 103 Å². The number of anilines is 3. The summed E-state index contributed by atoms with van der Waals surface area (Å²) in [6, 6.07) is 21.1. The Labute approximate surface area is 232 Å². The fourth-order valence-electron chi connectivity index (χ4n) is 4.49. The van der Waals surface area contributed by atoms with E-state index in [2.05, 4.69) is 37.6 Å². The molecule has 2 aromatic heterocycles. The number of rotatable bonds is 10. The number of methoxy groups -OCH3 is 1. The van der Waals surface area contributed by atoms with E-state index in [9.17, 15) is 4.79 Å². The van der Waals surface area contributed by atoms with Gasteiger partial charge in [-0.3, -0.25) is 14.6 Å². The molecule has 1 saturated heterocycles. The third-order valence-corrected chi connectivity index (χ3v) is 7.64. The number of hydrogen-bond donors (Lipinski definition) is 3. The average molecular weight is 545 g/mol. The molecular formula is C29H32N6O3S. The number of nitrogens with one attached hydrogen (secondary N) is 2. The quantitative estimate of drug-likeness (QED) is 0.271. The second-order valence-electron chi connectivity index (χ2n) is 9.28. The van der Waals surface area contributed by atoms with Crippen LogP contribution in [0.2, 0.25) is 0 Å². The van der Waals surface area contributed by atoms with Crippen LogP contribution in [0.1, 0.15) is 15.2 Å². The van der Waals surface area contributed by atoms with E-state index in [0.717, 1.165) is 55.5 Å². The minimum absolute atomic E-state index is 0.182. The highest BCUT2D eigenvalue weighted by Gasteiger charge is 2.17. The van der Waals surface area contributed by atoms with Crippen molar-refractivity contribution in [1.82, 2.24) is 19.8 Å². The Morgan fingerprint density at radius 3 is 2.62 bits per heavy atom. The number of carbonyl (C=O) groups is 1. The SMILES string of the molecule is COc1cccc(NC(=O)c2ccc(-c3ccnc(Nc4cccc(CN5CCN(CCO)CC5)c4)n3)s2)c1. The van der Waals surface area contributed by atoms with Crippen LogP contribution in [0.25, 0.3) is 10.6 Å². The van der Waals surface area contributed by atoms with Crippen molar-refractivity contribution in [2.24, 2.45) is 0 Å². The number of aromatic nitrogens is 2. The largest absolute Gasteiger partial charge is 0.497 e. The van der Waals surface area contributed by atoms with E-state index in [-0.39, 0.29) is 12.5 Å². The predicted molar refractivity (Wildman–Crippen MR) is 155 cm³/mol. The first-order valence-electron chi connectivity index (χ1n) is 12.9. The van der Waals surface area contributed by atoms with E-state index >= 15 is 0 Å². The van der Waals surface area contributed by atoms with E-state index < -0.39 is 0 Å². The van der Waals surface area contributed by atoms with E-state index in [4.69, 9.17) is 14.8 Å². The van der Waals surface area contributed by atoms with Crippen LogP contribution in [0.15, 0.2) is 72.9 Å². The molecule has 1 fully saturated rings. The van der Waals surface area contributed by atoms with Crippen molar-refractivity contribution in [3.63, 3.8) is 0 Å². The lowest BCUT2D eigenvalue weighted by molar-refractivity contribution is 0.103. The third-order valence-electron chi connectivity index (χ3n) is 6.54. The van der Waals surface area contributed by atoms with Gasteiger partial charge in [0.2, 0.25) is 5.95 Å². The van der Waals surface area contributed by atoms with Crippen LogP contribution in [0.3, 0.4) is 0 Å². The number of ether oxygens (including phenoxy) is 1. The third kappa shape index (κ3) is 7.18. The maximum Gasteiger partial charge on any atom is 0.265 e. The smallest absolute Gasteiger partial charge is 0.265 e. The second-order valence-corrected chi connectivity index (χ2v) is 10.4. The number of amides is 1. The first kappa shape index (κ1) is 26.8. The molecule has 39 heavy (non-hydrogen) atoms. The van der Waals surface area contributed by atoms with Gasteiger partial charge in [0.25, 0.3) is 5.91 Å². The molecule has 0 spiro atoms. The van der Waals surface area contributed by atoms with Gasteiger partial charge in [0, 0.05) is 62.9 Å². The van der Waals surface area contributed by atoms with E-state index in [1.807, 2.05) is 42.5 Å². The molecule has 3 N–H and O–H groups in total. The number of β-amino-alcohol motifs (C(OH)–C–C–N with tert-alkyl or cyclic N) is 1. The molecule has 2 aromatic carbocycles. The molecule has 0 atom stereocenters. The number of nitrogens with zero attached hydrogens (tertiary/aromatic N) is 4. The molecule has 202 valence electrons. The molecule has 0 saturated carbocycles. The minimum atomic E-state index is -0.182. The van der Waals surface area contributed by atoms with Gasteiger partial charge < -0.3 is 20.5 Å². The van der Waals surface area contributed by atoms with Gasteiger partial charge in [-0.25, -0.2) is 9.97 Å². The summed E-state index contributed by atoms with van der Waals surface area (Å²) >= 11 is 1.38. The van der Waals surface area contributed by atoms with Crippen LogP contribution in [-0.4, -0.2) is 77.2 Å². The summed E-state index contributed by atoms with van der Waals surface area (Å²) in [5.41, 5.74) is 3.56. The van der Waals surface area contributed by atoms with Gasteiger partial charge in [-0.15, -0.1) is 11.3 Å². The van der Waals surface area contributed by atoms with Gasteiger partial charge in [-0.1, -0.05) is 18.2 Å². The highest BCUT2D eigenvalue weighted by Crippen LogP contribution is 2.28. The summed E-state index contributed by atoms with van der Waals surface area (Å²) in [4.78, 5) is 28.1. The highest BCUT2D eigenvalue weighted by molar-refractivity contribution is 7.17. The highest BCUT2D eigenvalue weighted by atomic mass is 32.1. The Morgan fingerprint density at radius 2 is 1.79 bits per heavy atom. The number of hydrogen-bond acceptors (Lipinski definition) is 9. The van der Waals surface area contributed by atoms with Gasteiger partial charge in [-0.05, 0) is 48.0 Å². The zero-order valence-electron chi connectivity index (χ0n) is 21.8. The monoisotopic (exact) mass is 544 g/mol. The van der Waals surface area contributed by atoms with Crippen molar-refractivity contribution in [1.29, 1.82) is 0 Å². The number of thiophene rings is 1. The molecule has 0 unspecified atom stereocenters. The number of carbonyl (C=O) groups excluding carboxylic acids is 1. The Morgan fingerprint density at radius 1 is 1.00 bits per heavy atom. The van der Waals surface area contributed by atoms with E-state index in [0.29, 0.717) is 22.3 Å². The molecule has 9 nitrogen and oxygen atoms in total. The molecular weight excluding hydrogens is 512 g/mol. The van der Waals surface area contributed by atoms with Gasteiger partial charge >= 0.3 is 0 Å². The lowest BCUT2D eigenvalue weighted by Gasteiger charge is -2.34. The molecule has 5 rings (SSSR count). The van der Waals surface area contributed by atoms with Gasteiger partial charge in [0.1, 0.15) is 5.75 Å². The summed E-state index contributed by atoms with van der Waals surface area (Å²) in [6.45, 7) is 5.77. The van der Waals surface area contributed by atoms with Crippen LogP contribution < -0.4 is 15.4 Å². The van der Waals surface area contributed by atoms with Crippen LogP contribution in [-0.2, 0) is 6.54 Å². The van der Waals surface area contributed by atoms with E-state index in [1.165, 1.54) is 16.9 Å². The molecule has 1 amide bonds. The average Bonchev–Trinajstić information content (AvgIpc) is 3.46. The Kier molecular flexibility index (Phi) is 8.79. The van der Waals surface area contributed by atoms with Crippen LogP contribution in [0, 0.1) is 0 Å². The van der Waals surface area contributed by atoms with Crippen molar-refractivity contribution in [3.8, 4) is 16.3 Å². The first-order chi connectivity index (χ1) is 19.1. The Hall–Kier alpha value is -3.83. The van der Waals surface area contributed by atoms with Crippen LogP contribution in [0.4, 0.5) is 17.3 Å². The first-order valence-corrected chi connectivity index (χ1v) is 13.7. The van der Waals surface area contributed by atoms with Gasteiger partial charge in [-0.2, -0.15) is 0 Å². The molecule has 0 radical (unpaired) electrons. The van der Waals surface area contributed by atoms with Crippen LogP contribution in [0.5, 0.6) is 5.75 Å². The number of aliphatic hydroxyl groups excluding tert-OH is 1. The van der Waals surface area contributed by atoms with Crippen molar-refractivity contribution >= 4 is 34.6 Å². The van der Waals surface area contributed by atoms with Crippen LogP contribution >= 0.6 is 11.3 Å². The summed E-state index contributed by atoms with van der Waals surface area (Å²) in [5, 5.41) is 15.4. The van der Waals surface area contributed by atoms with Crippen molar-refractivity contribution in [2.45, 2.75) is 6.54 Å². The number of benzene rings is 2. The zero-order valence-corrected chi connectivity index (χ0v) is 22.7. The van der Waals surface area contributed by atoms with Crippen molar-refractivity contribution < 1.29 is 14.6 Å². The molecule has 0 bridgehead atoms. The second kappa shape index (κ2) is 12.8. The fourth-order valence-corrected chi connectivity index (χ4v) is 5.37.